The SMILES string of the molecule is CCCCOC(=O)c1ccc(NC(NC(=O)CC(C)C)C(Cl)(Cl)Cl)cc1. The first kappa shape index (κ1) is 22.9. The lowest BCUT2D eigenvalue weighted by Gasteiger charge is -2.27. The molecule has 1 atom stereocenters. The minimum absolute atomic E-state index is 0.184. The van der Waals surface area contributed by atoms with Gasteiger partial charge in [0.1, 0.15) is 6.17 Å². The molecule has 1 amide bonds. The van der Waals surface area contributed by atoms with Crippen LogP contribution in [0.3, 0.4) is 0 Å². The third kappa shape index (κ3) is 8.47. The Morgan fingerprint density at radius 1 is 1.15 bits per heavy atom. The number of amides is 1. The summed E-state index contributed by atoms with van der Waals surface area (Å²) >= 11 is 17.9. The van der Waals surface area contributed by atoms with Crippen LogP contribution in [0, 0.1) is 5.92 Å². The lowest BCUT2D eigenvalue weighted by atomic mass is 10.1. The number of carbonyl (C=O) groups excluding carboxylic acids is 2. The first-order valence-corrected chi connectivity index (χ1v) is 9.66. The number of nitrogens with one attached hydrogen (secondary N) is 2. The third-order valence-electron chi connectivity index (χ3n) is 3.39. The maximum atomic E-state index is 12.0. The molecule has 0 aliphatic carbocycles. The van der Waals surface area contributed by atoms with Crippen molar-refractivity contribution in [3.8, 4) is 0 Å². The van der Waals surface area contributed by atoms with Crippen LogP contribution in [0.25, 0.3) is 0 Å². The molecule has 8 heteroatoms. The first-order valence-electron chi connectivity index (χ1n) is 8.53. The Morgan fingerprint density at radius 2 is 1.77 bits per heavy atom. The van der Waals surface area contributed by atoms with Crippen molar-refractivity contribution in [3.05, 3.63) is 29.8 Å². The molecule has 0 heterocycles. The second-order valence-electron chi connectivity index (χ2n) is 6.35. The summed E-state index contributed by atoms with van der Waals surface area (Å²) in [5, 5.41) is 5.63. The summed E-state index contributed by atoms with van der Waals surface area (Å²) in [4.78, 5) is 23.9. The Hall–Kier alpha value is -1.17. The number of alkyl halides is 3. The van der Waals surface area contributed by atoms with E-state index in [1.807, 2.05) is 20.8 Å². The van der Waals surface area contributed by atoms with Crippen molar-refractivity contribution in [3.63, 3.8) is 0 Å². The number of esters is 1. The summed E-state index contributed by atoms with van der Waals surface area (Å²) in [6, 6.07) is 6.55. The van der Waals surface area contributed by atoms with Gasteiger partial charge in [-0.25, -0.2) is 4.79 Å². The third-order valence-corrected chi connectivity index (χ3v) is 4.04. The predicted molar refractivity (Wildman–Crippen MR) is 107 cm³/mol. The van der Waals surface area contributed by atoms with Gasteiger partial charge < -0.3 is 15.4 Å². The van der Waals surface area contributed by atoms with E-state index in [0.717, 1.165) is 12.8 Å². The number of carbonyl (C=O) groups is 2. The van der Waals surface area contributed by atoms with E-state index < -0.39 is 9.96 Å². The number of ether oxygens (including phenoxy) is 1. The minimum Gasteiger partial charge on any atom is -0.462 e. The topological polar surface area (TPSA) is 67.4 Å². The number of anilines is 1. The van der Waals surface area contributed by atoms with E-state index in [1.165, 1.54) is 0 Å². The standard InChI is InChI=1S/C18H25Cl3N2O3/c1-4-5-10-26-16(25)13-6-8-14(9-7-13)22-17(18(19,20)21)23-15(24)11-12(2)3/h6-9,12,17,22H,4-5,10-11H2,1-3H3,(H,23,24). The van der Waals surface area contributed by atoms with Gasteiger partial charge in [-0.2, -0.15) is 0 Å². The number of hydrogen-bond acceptors (Lipinski definition) is 4. The highest BCUT2D eigenvalue weighted by Crippen LogP contribution is 2.31. The molecule has 0 bridgehead atoms. The molecule has 0 fully saturated rings. The van der Waals surface area contributed by atoms with E-state index in [9.17, 15) is 9.59 Å². The Morgan fingerprint density at radius 3 is 2.27 bits per heavy atom. The molecular formula is C18H25Cl3N2O3. The average molecular weight is 424 g/mol. The van der Waals surface area contributed by atoms with Gasteiger partial charge in [-0.1, -0.05) is 62.0 Å². The summed E-state index contributed by atoms with van der Waals surface area (Å²) in [7, 11) is 0. The van der Waals surface area contributed by atoms with E-state index in [-0.39, 0.29) is 17.8 Å². The van der Waals surface area contributed by atoms with Crippen molar-refractivity contribution in [2.45, 2.75) is 50.0 Å². The largest absolute Gasteiger partial charge is 0.462 e. The molecule has 0 aromatic heterocycles. The molecule has 0 saturated heterocycles. The van der Waals surface area contributed by atoms with Gasteiger partial charge in [0.05, 0.1) is 12.2 Å². The normalized spacial score (nSPS) is 12.6. The molecule has 0 aliphatic rings. The van der Waals surface area contributed by atoms with Crippen LogP contribution in [0.1, 0.15) is 50.4 Å². The molecule has 0 aliphatic heterocycles. The fourth-order valence-electron chi connectivity index (χ4n) is 2.05. The highest BCUT2D eigenvalue weighted by atomic mass is 35.6. The summed E-state index contributed by atoms with van der Waals surface area (Å²) in [5.74, 6) is -0.419. The maximum Gasteiger partial charge on any atom is 0.338 e. The molecule has 1 rings (SSSR count). The summed E-state index contributed by atoms with van der Waals surface area (Å²) in [6.07, 6.45) is 1.19. The zero-order valence-corrected chi connectivity index (χ0v) is 17.4. The minimum atomic E-state index is -1.75. The number of halogens is 3. The zero-order chi connectivity index (χ0) is 19.7. The van der Waals surface area contributed by atoms with Crippen LogP contribution in [-0.4, -0.2) is 28.4 Å². The first-order chi connectivity index (χ1) is 12.1. The van der Waals surface area contributed by atoms with E-state index in [2.05, 4.69) is 10.6 Å². The lowest BCUT2D eigenvalue weighted by Crippen LogP contribution is -2.49. The highest BCUT2D eigenvalue weighted by Gasteiger charge is 2.34. The van der Waals surface area contributed by atoms with E-state index in [1.54, 1.807) is 24.3 Å². The molecule has 0 radical (unpaired) electrons. The van der Waals surface area contributed by atoms with Crippen molar-refractivity contribution in [2.75, 3.05) is 11.9 Å². The maximum absolute atomic E-state index is 12.0. The molecular weight excluding hydrogens is 399 g/mol. The van der Waals surface area contributed by atoms with E-state index in [4.69, 9.17) is 39.5 Å². The monoisotopic (exact) mass is 422 g/mol. The number of rotatable bonds is 9. The second-order valence-corrected chi connectivity index (χ2v) is 8.72. The van der Waals surface area contributed by atoms with Crippen molar-refractivity contribution in [2.24, 2.45) is 5.92 Å². The molecule has 1 aromatic rings. The van der Waals surface area contributed by atoms with Gasteiger partial charge in [0.2, 0.25) is 9.70 Å². The Bertz CT molecular complexity index is 586. The zero-order valence-electron chi connectivity index (χ0n) is 15.2. The summed E-state index contributed by atoms with van der Waals surface area (Å²) in [5.41, 5.74) is 1.03. The second kappa shape index (κ2) is 10.9. The quantitative estimate of drug-likeness (QED) is 0.256. The summed E-state index contributed by atoms with van der Waals surface area (Å²) in [6.45, 7) is 6.27. The molecule has 1 aromatic carbocycles. The summed E-state index contributed by atoms with van der Waals surface area (Å²) < 4.78 is 3.41. The lowest BCUT2D eigenvalue weighted by molar-refractivity contribution is -0.122. The fourth-order valence-corrected chi connectivity index (χ4v) is 2.38. The van der Waals surface area contributed by atoms with Crippen LogP contribution < -0.4 is 10.6 Å². The van der Waals surface area contributed by atoms with Crippen LogP contribution in [-0.2, 0) is 9.53 Å². The Labute approximate surface area is 169 Å². The van der Waals surface area contributed by atoms with Crippen LogP contribution >= 0.6 is 34.8 Å². The van der Waals surface area contributed by atoms with Crippen LogP contribution in [0.15, 0.2) is 24.3 Å². The Kier molecular flexibility index (Phi) is 9.55. The number of unbranched alkanes of at least 4 members (excludes halogenated alkanes) is 1. The molecule has 0 spiro atoms. The Balaban J connectivity index is 2.73. The molecule has 5 nitrogen and oxygen atoms in total. The van der Waals surface area contributed by atoms with Crippen LogP contribution in [0.2, 0.25) is 0 Å². The van der Waals surface area contributed by atoms with Crippen LogP contribution in [0.4, 0.5) is 5.69 Å². The molecule has 2 N–H and O–H groups in total. The smallest absolute Gasteiger partial charge is 0.338 e. The van der Waals surface area contributed by atoms with Crippen molar-refractivity contribution in [1.82, 2.24) is 5.32 Å². The molecule has 26 heavy (non-hydrogen) atoms. The van der Waals surface area contributed by atoms with E-state index in [0.29, 0.717) is 24.3 Å². The predicted octanol–water partition coefficient (Wildman–Crippen LogP) is 4.91. The number of benzene rings is 1. The van der Waals surface area contributed by atoms with Crippen LogP contribution in [0.5, 0.6) is 0 Å². The molecule has 1 unspecified atom stereocenters. The van der Waals surface area contributed by atoms with Gasteiger partial charge in [0.15, 0.2) is 0 Å². The van der Waals surface area contributed by atoms with Gasteiger partial charge in [-0.05, 0) is 36.6 Å². The van der Waals surface area contributed by atoms with E-state index >= 15 is 0 Å². The highest BCUT2D eigenvalue weighted by molar-refractivity contribution is 6.68. The molecule has 146 valence electrons. The van der Waals surface area contributed by atoms with Gasteiger partial charge >= 0.3 is 5.97 Å². The van der Waals surface area contributed by atoms with Gasteiger partial charge in [0.25, 0.3) is 0 Å². The van der Waals surface area contributed by atoms with Gasteiger partial charge in [-0.15, -0.1) is 0 Å². The van der Waals surface area contributed by atoms with Crippen molar-refractivity contribution < 1.29 is 14.3 Å². The average Bonchev–Trinajstić information content (AvgIpc) is 2.53. The van der Waals surface area contributed by atoms with Crippen molar-refractivity contribution in [1.29, 1.82) is 0 Å². The van der Waals surface area contributed by atoms with Gasteiger partial charge in [-0.3, -0.25) is 4.79 Å². The number of hydrogen-bond donors (Lipinski definition) is 2. The van der Waals surface area contributed by atoms with Crippen molar-refractivity contribution >= 4 is 52.4 Å². The fraction of sp³-hybridized carbons (Fsp3) is 0.556. The van der Waals surface area contributed by atoms with Gasteiger partial charge in [0, 0.05) is 12.1 Å². The molecule has 0 saturated carbocycles.